The molecular weight excluding hydrogens is 416 g/mol. The highest BCUT2D eigenvalue weighted by Crippen LogP contribution is 2.34. The first-order valence-electron chi connectivity index (χ1n) is 8.40. The molecule has 1 atom stereocenters. The molecule has 1 N–H and O–H groups in total. The second-order valence-electron chi connectivity index (χ2n) is 5.92. The second kappa shape index (κ2) is 9.36. The van der Waals surface area contributed by atoms with Gasteiger partial charge in [-0.1, -0.05) is 28.1 Å². The molecule has 0 aliphatic heterocycles. The van der Waals surface area contributed by atoms with Gasteiger partial charge >= 0.3 is 0 Å². The van der Waals surface area contributed by atoms with Crippen molar-refractivity contribution in [3.63, 3.8) is 0 Å². The first kappa shape index (κ1) is 20.7. The van der Waals surface area contributed by atoms with Gasteiger partial charge in [0.2, 0.25) is 0 Å². The zero-order valence-corrected chi connectivity index (χ0v) is 16.9. The second-order valence-corrected chi connectivity index (χ2v) is 6.83. The number of nitrogens with one attached hydrogen (secondary N) is 1. The van der Waals surface area contributed by atoms with Gasteiger partial charge in [-0.2, -0.15) is 0 Å². The van der Waals surface area contributed by atoms with Gasteiger partial charge < -0.3 is 14.8 Å². The van der Waals surface area contributed by atoms with Crippen molar-refractivity contribution >= 4 is 27.5 Å². The zero-order chi connectivity index (χ0) is 20.0. The van der Waals surface area contributed by atoms with E-state index in [1.807, 2.05) is 31.2 Å². The summed E-state index contributed by atoms with van der Waals surface area (Å²) in [6.45, 7) is 3.97. The Morgan fingerprint density at radius 2 is 1.93 bits per heavy atom. The molecule has 0 fully saturated rings. The molecule has 0 saturated carbocycles. The maximum atomic E-state index is 12.7. The number of hydrogen-bond acceptors (Lipinski definition) is 5. The van der Waals surface area contributed by atoms with E-state index >= 15 is 0 Å². The predicted octanol–water partition coefficient (Wildman–Crippen LogP) is 4.13. The lowest BCUT2D eigenvalue weighted by molar-refractivity contribution is -0.385. The van der Waals surface area contributed by atoms with Gasteiger partial charge in [-0.05, 0) is 38.0 Å². The van der Waals surface area contributed by atoms with Crippen LogP contribution in [0.4, 0.5) is 5.69 Å². The van der Waals surface area contributed by atoms with E-state index in [9.17, 15) is 14.9 Å². The molecule has 2 rings (SSSR count). The molecule has 2 aromatic carbocycles. The van der Waals surface area contributed by atoms with E-state index in [-0.39, 0.29) is 28.8 Å². The van der Waals surface area contributed by atoms with Crippen LogP contribution >= 0.6 is 15.9 Å². The van der Waals surface area contributed by atoms with E-state index in [4.69, 9.17) is 9.47 Å². The van der Waals surface area contributed by atoms with Crippen molar-refractivity contribution in [2.24, 2.45) is 0 Å². The Kier molecular flexibility index (Phi) is 7.18. The first-order valence-corrected chi connectivity index (χ1v) is 9.19. The lowest BCUT2D eigenvalue weighted by atomic mass is 10.1. The third kappa shape index (κ3) is 5.43. The zero-order valence-electron chi connectivity index (χ0n) is 15.3. The molecule has 27 heavy (non-hydrogen) atoms. The van der Waals surface area contributed by atoms with Crippen molar-refractivity contribution in [3.8, 4) is 11.5 Å². The van der Waals surface area contributed by atoms with Gasteiger partial charge in [-0.15, -0.1) is 0 Å². The van der Waals surface area contributed by atoms with Crippen molar-refractivity contribution in [3.05, 3.63) is 62.1 Å². The smallest absolute Gasteiger partial charge is 0.286 e. The summed E-state index contributed by atoms with van der Waals surface area (Å²) in [5, 5.41) is 14.2. The number of nitrogens with zero attached hydrogens (tertiary/aromatic N) is 1. The van der Waals surface area contributed by atoms with E-state index in [2.05, 4.69) is 21.2 Å². The van der Waals surface area contributed by atoms with Crippen molar-refractivity contribution in [1.82, 2.24) is 5.32 Å². The number of amides is 1. The molecule has 0 aliphatic carbocycles. The molecule has 0 radical (unpaired) electrons. The normalized spacial score (nSPS) is 11.6. The molecule has 2 aromatic rings. The average Bonchev–Trinajstić information content (AvgIpc) is 2.63. The summed E-state index contributed by atoms with van der Waals surface area (Å²) >= 11 is 3.38. The van der Waals surface area contributed by atoms with Gasteiger partial charge in [0, 0.05) is 16.6 Å². The number of nitro groups is 1. The molecule has 0 heterocycles. The molecule has 0 aliphatic rings. The van der Waals surface area contributed by atoms with Crippen LogP contribution in [0.2, 0.25) is 0 Å². The maximum Gasteiger partial charge on any atom is 0.286 e. The maximum absolute atomic E-state index is 12.7. The molecule has 0 spiro atoms. The van der Waals surface area contributed by atoms with Crippen LogP contribution < -0.4 is 14.8 Å². The minimum absolute atomic E-state index is 0.0630. The summed E-state index contributed by atoms with van der Waals surface area (Å²) in [7, 11) is 1.39. The topological polar surface area (TPSA) is 90.7 Å². The SMILES string of the molecule is CCOc1cc(C(=O)NC(C)Cc2ccc(Br)cc2)c([N+](=O)[O-])cc1OC. The number of nitro benzene ring substituents is 1. The highest BCUT2D eigenvalue weighted by molar-refractivity contribution is 9.10. The summed E-state index contributed by atoms with van der Waals surface area (Å²) in [5.74, 6) is -0.0331. The van der Waals surface area contributed by atoms with E-state index in [1.165, 1.54) is 19.2 Å². The number of halogens is 1. The van der Waals surface area contributed by atoms with Crippen LogP contribution in [-0.2, 0) is 6.42 Å². The van der Waals surface area contributed by atoms with Crippen LogP contribution in [0.5, 0.6) is 11.5 Å². The third-order valence-corrected chi connectivity index (χ3v) is 4.38. The van der Waals surface area contributed by atoms with Crippen LogP contribution in [-0.4, -0.2) is 30.6 Å². The van der Waals surface area contributed by atoms with Crippen LogP contribution in [0, 0.1) is 10.1 Å². The Balaban J connectivity index is 2.23. The molecular formula is C19H21BrN2O5. The van der Waals surface area contributed by atoms with Gasteiger partial charge in [0.15, 0.2) is 11.5 Å². The van der Waals surface area contributed by atoms with Crippen molar-refractivity contribution < 1.29 is 19.2 Å². The van der Waals surface area contributed by atoms with Crippen LogP contribution in [0.1, 0.15) is 29.8 Å². The number of ether oxygens (including phenoxy) is 2. The van der Waals surface area contributed by atoms with Crippen molar-refractivity contribution in [2.75, 3.05) is 13.7 Å². The molecule has 8 heteroatoms. The summed E-state index contributed by atoms with van der Waals surface area (Å²) < 4.78 is 11.5. The first-order chi connectivity index (χ1) is 12.8. The lowest BCUT2D eigenvalue weighted by Crippen LogP contribution is -2.34. The highest BCUT2D eigenvalue weighted by Gasteiger charge is 2.25. The van der Waals surface area contributed by atoms with Gasteiger partial charge in [-0.25, -0.2) is 0 Å². The Labute approximate surface area is 166 Å². The monoisotopic (exact) mass is 436 g/mol. The minimum Gasteiger partial charge on any atom is -0.493 e. The van der Waals surface area contributed by atoms with Gasteiger partial charge in [-0.3, -0.25) is 14.9 Å². The van der Waals surface area contributed by atoms with Gasteiger partial charge in [0.25, 0.3) is 11.6 Å². The van der Waals surface area contributed by atoms with Gasteiger partial charge in [0.1, 0.15) is 5.56 Å². The Morgan fingerprint density at radius 3 is 2.48 bits per heavy atom. The molecule has 1 unspecified atom stereocenters. The number of carbonyl (C=O) groups is 1. The largest absolute Gasteiger partial charge is 0.493 e. The number of rotatable bonds is 8. The summed E-state index contributed by atoms with van der Waals surface area (Å²) in [6, 6.07) is 10.1. The van der Waals surface area contributed by atoms with E-state index in [0.717, 1.165) is 10.0 Å². The standard InChI is InChI=1S/C19H21BrN2O5/c1-4-27-18-10-15(16(22(24)25)11-17(18)26-3)19(23)21-12(2)9-13-5-7-14(20)8-6-13/h5-8,10-12H,4,9H2,1-3H3,(H,21,23). The number of methoxy groups -OCH3 is 1. The van der Waals surface area contributed by atoms with Gasteiger partial charge in [0.05, 0.1) is 24.7 Å². The fraction of sp³-hybridized carbons (Fsp3) is 0.316. The number of carbonyl (C=O) groups excluding carboxylic acids is 1. The molecule has 1 amide bonds. The molecule has 0 aromatic heterocycles. The van der Waals surface area contributed by atoms with E-state index < -0.39 is 10.8 Å². The summed E-state index contributed by atoms with van der Waals surface area (Å²) in [4.78, 5) is 23.5. The molecule has 7 nitrogen and oxygen atoms in total. The minimum atomic E-state index is -0.605. The molecule has 0 bridgehead atoms. The fourth-order valence-corrected chi connectivity index (χ4v) is 2.90. The number of hydrogen-bond donors (Lipinski definition) is 1. The lowest BCUT2D eigenvalue weighted by Gasteiger charge is -2.16. The Hall–Kier alpha value is -2.61. The summed E-state index contributed by atoms with van der Waals surface area (Å²) in [6.07, 6.45) is 0.599. The predicted molar refractivity (Wildman–Crippen MR) is 106 cm³/mol. The van der Waals surface area contributed by atoms with Crippen LogP contribution in [0.25, 0.3) is 0 Å². The fourth-order valence-electron chi connectivity index (χ4n) is 2.64. The Bertz CT molecular complexity index is 824. The summed E-state index contributed by atoms with van der Waals surface area (Å²) in [5.41, 5.74) is 0.654. The number of benzene rings is 2. The van der Waals surface area contributed by atoms with Crippen LogP contribution in [0.15, 0.2) is 40.9 Å². The van der Waals surface area contributed by atoms with E-state index in [1.54, 1.807) is 6.92 Å². The van der Waals surface area contributed by atoms with Crippen molar-refractivity contribution in [1.29, 1.82) is 0 Å². The van der Waals surface area contributed by atoms with E-state index in [0.29, 0.717) is 13.0 Å². The third-order valence-electron chi connectivity index (χ3n) is 3.86. The average molecular weight is 437 g/mol. The molecule has 0 saturated heterocycles. The Morgan fingerprint density at radius 1 is 1.26 bits per heavy atom. The van der Waals surface area contributed by atoms with Crippen molar-refractivity contribution in [2.45, 2.75) is 26.3 Å². The quantitative estimate of drug-likeness (QED) is 0.496. The van der Waals surface area contributed by atoms with Crippen LogP contribution in [0.3, 0.4) is 0 Å². The highest BCUT2D eigenvalue weighted by atomic mass is 79.9. The molecule has 144 valence electrons.